The van der Waals surface area contributed by atoms with Crippen molar-refractivity contribution >= 4 is 22.6 Å². The molecule has 0 aliphatic carbocycles. The molecule has 6 nitrogen and oxygen atoms in total. The SMILES string of the molecule is CCN1CCN(C(=O)c2ccc3ncnc(N4CCCC4)c3c2)CC1. The maximum Gasteiger partial charge on any atom is 0.253 e. The van der Waals surface area contributed by atoms with Crippen molar-refractivity contribution in [3.05, 3.63) is 30.1 Å². The molecular formula is C19H25N5O. The maximum absolute atomic E-state index is 12.9. The van der Waals surface area contributed by atoms with Crippen LogP contribution < -0.4 is 4.90 Å². The van der Waals surface area contributed by atoms with Crippen molar-refractivity contribution in [2.24, 2.45) is 0 Å². The number of anilines is 1. The topological polar surface area (TPSA) is 52.6 Å². The summed E-state index contributed by atoms with van der Waals surface area (Å²) < 4.78 is 0. The Morgan fingerprint density at radius 1 is 1.04 bits per heavy atom. The molecule has 4 rings (SSSR count). The van der Waals surface area contributed by atoms with Gasteiger partial charge in [-0.25, -0.2) is 9.97 Å². The minimum atomic E-state index is 0.119. The van der Waals surface area contributed by atoms with Crippen LogP contribution in [0.1, 0.15) is 30.1 Å². The van der Waals surface area contributed by atoms with Gasteiger partial charge in [-0.05, 0) is 37.6 Å². The molecule has 0 N–H and O–H groups in total. The Morgan fingerprint density at radius 2 is 1.80 bits per heavy atom. The van der Waals surface area contributed by atoms with E-state index in [4.69, 9.17) is 0 Å². The lowest BCUT2D eigenvalue weighted by molar-refractivity contribution is 0.0643. The van der Waals surface area contributed by atoms with Gasteiger partial charge in [0.15, 0.2) is 0 Å². The van der Waals surface area contributed by atoms with Crippen LogP contribution in [0.4, 0.5) is 5.82 Å². The van der Waals surface area contributed by atoms with Crippen LogP contribution in [0, 0.1) is 0 Å². The van der Waals surface area contributed by atoms with Crippen molar-refractivity contribution < 1.29 is 4.79 Å². The van der Waals surface area contributed by atoms with Gasteiger partial charge in [-0.1, -0.05) is 6.92 Å². The molecule has 0 spiro atoms. The molecule has 0 atom stereocenters. The van der Waals surface area contributed by atoms with Gasteiger partial charge in [-0.3, -0.25) is 4.79 Å². The minimum Gasteiger partial charge on any atom is -0.356 e. The van der Waals surface area contributed by atoms with Gasteiger partial charge in [0, 0.05) is 50.2 Å². The van der Waals surface area contributed by atoms with Gasteiger partial charge in [-0.2, -0.15) is 0 Å². The Labute approximate surface area is 148 Å². The van der Waals surface area contributed by atoms with Crippen molar-refractivity contribution in [2.75, 3.05) is 50.7 Å². The van der Waals surface area contributed by atoms with Crippen molar-refractivity contribution in [3.63, 3.8) is 0 Å². The van der Waals surface area contributed by atoms with Crippen LogP contribution in [-0.4, -0.2) is 71.5 Å². The molecule has 2 aromatic rings. The average molecular weight is 339 g/mol. The Balaban J connectivity index is 1.62. The Kier molecular flexibility index (Phi) is 4.53. The highest BCUT2D eigenvalue weighted by Gasteiger charge is 2.23. The Morgan fingerprint density at radius 3 is 2.52 bits per heavy atom. The summed E-state index contributed by atoms with van der Waals surface area (Å²) in [5, 5.41) is 0.988. The van der Waals surface area contributed by atoms with Crippen molar-refractivity contribution in [3.8, 4) is 0 Å². The lowest BCUT2D eigenvalue weighted by Gasteiger charge is -2.34. The van der Waals surface area contributed by atoms with E-state index in [1.807, 2.05) is 23.1 Å². The smallest absolute Gasteiger partial charge is 0.253 e. The van der Waals surface area contributed by atoms with Crippen molar-refractivity contribution in [1.82, 2.24) is 19.8 Å². The first-order valence-electron chi connectivity index (χ1n) is 9.27. The normalized spacial score (nSPS) is 18.9. The van der Waals surface area contributed by atoms with Gasteiger partial charge in [-0.15, -0.1) is 0 Å². The molecule has 0 bridgehead atoms. The second-order valence-electron chi connectivity index (χ2n) is 6.85. The molecule has 0 unspecified atom stereocenters. The quantitative estimate of drug-likeness (QED) is 0.856. The zero-order valence-electron chi connectivity index (χ0n) is 14.8. The number of nitrogens with zero attached hydrogens (tertiary/aromatic N) is 5. The second-order valence-corrected chi connectivity index (χ2v) is 6.85. The number of carbonyl (C=O) groups excluding carboxylic acids is 1. The number of hydrogen-bond donors (Lipinski definition) is 0. The van der Waals surface area contributed by atoms with Crippen LogP contribution in [0.5, 0.6) is 0 Å². The highest BCUT2D eigenvalue weighted by atomic mass is 16.2. The molecule has 2 saturated heterocycles. The number of fused-ring (bicyclic) bond motifs is 1. The van der Waals surface area contributed by atoms with Crippen LogP contribution in [0.3, 0.4) is 0 Å². The number of likely N-dealkylation sites (N-methyl/N-ethyl adjacent to an activating group) is 1. The summed E-state index contributed by atoms with van der Waals surface area (Å²) in [4.78, 5) is 28.5. The van der Waals surface area contributed by atoms with E-state index in [0.29, 0.717) is 0 Å². The van der Waals surface area contributed by atoms with Gasteiger partial charge in [0.25, 0.3) is 5.91 Å². The van der Waals surface area contributed by atoms with Crippen LogP contribution in [-0.2, 0) is 0 Å². The van der Waals surface area contributed by atoms with Crippen LogP contribution in [0.15, 0.2) is 24.5 Å². The number of rotatable bonds is 3. The molecule has 2 aliphatic heterocycles. The summed E-state index contributed by atoms with van der Waals surface area (Å²) in [6.45, 7) is 8.79. The van der Waals surface area contributed by atoms with E-state index in [1.165, 1.54) is 12.8 Å². The van der Waals surface area contributed by atoms with E-state index in [9.17, 15) is 4.79 Å². The average Bonchev–Trinajstić information content (AvgIpc) is 3.21. The van der Waals surface area contributed by atoms with Gasteiger partial charge in [0.1, 0.15) is 12.1 Å². The van der Waals surface area contributed by atoms with E-state index < -0.39 is 0 Å². The first kappa shape index (κ1) is 16.3. The molecule has 3 heterocycles. The third-order valence-corrected chi connectivity index (χ3v) is 5.37. The monoisotopic (exact) mass is 339 g/mol. The minimum absolute atomic E-state index is 0.119. The van der Waals surface area contributed by atoms with E-state index in [1.54, 1.807) is 6.33 Å². The van der Waals surface area contributed by atoms with E-state index in [-0.39, 0.29) is 5.91 Å². The molecule has 1 amide bonds. The molecule has 6 heteroatoms. The molecule has 132 valence electrons. The molecule has 0 saturated carbocycles. The highest BCUT2D eigenvalue weighted by Crippen LogP contribution is 2.27. The zero-order chi connectivity index (χ0) is 17.2. The third-order valence-electron chi connectivity index (χ3n) is 5.37. The summed E-state index contributed by atoms with van der Waals surface area (Å²) in [5.74, 6) is 1.09. The van der Waals surface area contributed by atoms with Crippen molar-refractivity contribution in [1.29, 1.82) is 0 Å². The number of hydrogen-bond acceptors (Lipinski definition) is 5. The van der Waals surface area contributed by atoms with E-state index in [0.717, 1.165) is 68.1 Å². The largest absolute Gasteiger partial charge is 0.356 e. The highest BCUT2D eigenvalue weighted by molar-refractivity contribution is 6.00. The number of benzene rings is 1. The number of carbonyl (C=O) groups is 1. The lowest BCUT2D eigenvalue weighted by Crippen LogP contribution is -2.48. The molecular weight excluding hydrogens is 314 g/mol. The fraction of sp³-hybridized carbons (Fsp3) is 0.526. The third kappa shape index (κ3) is 3.18. The summed E-state index contributed by atoms with van der Waals surface area (Å²) >= 11 is 0. The molecule has 25 heavy (non-hydrogen) atoms. The fourth-order valence-corrected chi connectivity index (χ4v) is 3.81. The fourth-order valence-electron chi connectivity index (χ4n) is 3.81. The van der Waals surface area contributed by atoms with E-state index in [2.05, 4.69) is 26.7 Å². The van der Waals surface area contributed by atoms with Gasteiger partial charge >= 0.3 is 0 Å². The summed E-state index contributed by atoms with van der Waals surface area (Å²) in [6.07, 6.45) is 4.03. The maximum atomic E-state index is 12.9. The second kappa shape index (κ2) is 6.96. The zero-order valence-corrected chi connectivity index (χ0v) is 14.8. The number of piperazine rings is 1. The summed E-state index contributed by atoms with van der Waals surface area (Å²) in [7, 11) is 0. The summed E-state index contributed by atoms with van der Waals surface area (Å²) in [5.41, 5.74) is 1.65. The first-order chi connectivity index (χ1) is 12.3. The Hall–Kier alpha value is -2.21. The van der Waals surface area contributed by atoms with Crippen LogP contribution >= 0.6 is 0 Å². The molecule has 1 aromatic heterocycles. The molecule has 0 radical (unpaired) electrons. The number of amides is 1. The number of aromatic nitrogens is 2. The van der Waals surface area contributed by atoms with Gasteiger partial charge in [0.2, 0.25) is 0 Å². The lowest BCUT2D eigenvalue weighted by atomic mass is 10.1. The van der Waals surface area contributed by atoms with Crippen molar-refractivity contribution in [2.45, 2.75) is 19.8 Å². The van der Waals surface area contributed by atoms with Crippen LogP contribution in [0.2, 0.25) is 0 Å². The molecule has 2 fully saturated rings. The molecule has 1 aromatic carbocycles. The first-order valence-corrected chi connectivity index (χ1v) is 9.27. The Bertz CT molecular complexity index is 763. The molecule has 2 aliphatic rings. The predicted octanol–water partition coefficient (Wildman–Crippen LogP) is 2.01. The predicted molar refractivity (Wildman–Crippen MR) is 99.0 cm³/mol. The van der Waals surface area contributed by atoms with Crippen LogP contribution in [0.25, 0.3) is 10.9 Å². The summed E-state index contributed by atoms with van der Waals surface area (Å²) in [6, 6.07) is 5.83. The van der Waals surface area contributed by atoms with E-state index >= 15 is 0 Å². The standard InChI is InChI=1S/C19H25N5O/c1-2-22-9-11-24(12-10-22)19(25)15-5-6-17-16(13-15)18(21-14-20-17)23-7-3-4-8-23/h5-6,13-14H,2-4,7-12H2,1H3. The van der Waals surface area contributed by atoms with Gasteiger partial charge < -0.3 is 14.7 Å². The van der Waals surface area contributed by atoms with Gasteiger partial charge in [0.05, 0.1) is 5.52 Å².